The minimum atomic E-state index is 1.22. The van der Waals surface area contributed by atoms with Crippen molar-refractivity contribution in [2.24, 2.45) is 0 Å². The first-order chi connectivity index (χ1) is 15.9. The number of rotatable bonds is 1. The zero-order valence-electron chi connectivity index (χ0n) is 17.2. The molecule has 0 spiro atoms. The maximum Gasteiger partial charge on any atom is 0.0541 e. The quantitative estimate of drug-likeness (QED) is 0.249. The highest BCUT2D eigenvalue weighted by molar-refractivity contribution is 7.23. The molecule has 0 saturated carbocycles. The van der Waals surface area contributed by atoms with E-state index in [9.17, 15) is 0 Å². The Morgan fingerprint density at radius 2 is 1.25 bits per heavy atom. The largest absolute Gasteiger partial charge is 0.309 e. The van der Waals surface area contributed by atoms with Gasteiger partial charge in [-0.2, -0.15) is 0 Å². The van der Waals surface area contributed by atoms with Crippen LogP contribution in [0, 0.1) is 0 Å². The summed E-state index contributed by atoms with van der Waals surface area (Å²) in [5.74, 6) is 0. The first kappa shape index (κ1) is 16.8. The average molecular weight is 424 g/mol. The van der Waals surface area contributed by atoms with Crippen molar-refractivity contribution in [3.8, 4) is 27.3 Å². The van der Waals surface area contributed by atoms with Crippen molar-refractivity contribution in [2.45, 2.75) is 0 Å². The van der Waals surface area contributed by atoms with Gasteiger partial charge in [0.25, 0.3) is 0 Å². The molecule has 0 bridgehead atoms. The summed E-state index contributed by atoms with van der Waals surface area (Å²) in [5.41, 5.74) is 7.89. The highest BCUT2D eigenvalue weighted by Crippen LogP contribution is 2.54. The van der Waals surface area contributed by atoms with E-state index in [1.54, 1.807) is 0 Å². The molecule has 0 fully saturated rings. The van der Waals surface area contributed by atoms with E-state index in [1.165, 1.54) is 69.9 Å². The van der Waals surface area contributed by atoms with Gasteiger partial charge >= 0.3 is 0 Å². The molecule has 1 nitrogen and oxygen atoms in total. The van der Waals surface area contributed by atoms with Crippen LogP contribution in [0.2, 0.25) is 0 Å². The lowest BCUT2D eigenvalue weighted by Gasteiger charge is -2.09. The first-order valence-electron chi connectivity index (χ1n) is 11.0. The lowest BCUT2D eigenvalue weighted by Crippen LogP contribution is -1.93. The monoisotopic (exact) mass is 423 g/mol. The van der Waals surface area contributed by atoms with Crippen molar-refractivity contribution < 1.29 is 0 Å². The van der Waals surface area contributed by atoms with Crippen LogP contribution in [0.3, 0.4) is 0 Å². The van der Waals surface area contributed by atoms with Crippen molar-refractivity contribution in [1.82, 2.24) is 4.57 Å². The van der Waals surface area contributed by atoms with Crippen LogP contribution in [-0.4, -0.2) is 4.57 Å². The van der Waals surface area contributed by atoms with E-state index in [1.807, 2.05) is 11.3 Å². The van der Waals surface area contributed by atoms with Crippen LogP contribution >= 0.6 is 11.3 Å². The van der Waals surface area contributed by atoms with E-state index in [4.69, 9.17) is 0 Å². The molecule has 0 amide bonds. The molecule has 1 aliphatic carbocycles. The SMILES string of the molecule is c1cc2c3c(cccc3c1)-c1c-2sc2ccc(-n3c4ccccc4c4ccccc43)cc12. The normalized spacial score (nSPS) is 12.4. The number of fused-ring (bicyclic) bond motifs is 8. The average Bonchev–Trinajstić information content (AvgIpc) is 3.48. The van der Waals surface area contributed by atoms with Gasteiger partial charge in [-0.05, 0) is 46.7 Å². The van der Waals surface area contributed by atoms with Crippen molar-refractivity contribution in [3.05, 3.63) is 103 Å². The van der Waals surface area contributed by atoms with Gasteiger partial charge < -0.3 is 4.57 Å². The van der Waals surface area contributed by atoms with Gasteiger partial charge in [-0.15, -0.1) is 11.3 Å². The smallest absolute Gasteiger partial charge is 0.0541 e. The molecule has 2 aromatic heterocycles. The zero-order chi connectivity index (χ0) is 20.8. The van der Waals surface area contributed by atoms with Crippen LogP contribution in [0.4, 0.5) is 0 Å². The predicted molar refractivity (Wildman–Crippen MR) is 138 cm³/mol. The highest BCUT2D eigenvalue weighted by Gasteiger charge is 2.26. The van der Waals surface area contributed by atoms with Gasteiger partial charge in [-0.3, -0.25) is 0 Å². The van der Waals surface area contributed by atoms with E-state index < -0.39 is 0 Å². The molecule has 0 unspecified atom stereocenters. The van der Waals surface area contributed by atoms with Gasteiger partial charge in [0.15, 0.2) is 0 Å². The minimum absolute atomic E-state index is 1.22. The molecule has 2 heteroatoms. The topological polar surface area (TPSA) is 4.93 Å². The Hall–Kier alpha value is -3.88. The predicted octanol–water partition coefficient (Wildman–Crippen LogP) is 8.80. The van der Waals surface area contributed by atoms with Gasteiger partial charge in [0.1, 0.15) is 0 Å². The summed E-state index contributed by atoms with van der Waals surface area (Å²) < 4.78 is 3.77. The molecule has 7 aromatic rings. The lowest BCUT2D eigenvalue weighted by atomic mass is 10.0. The number of nitrogens with zero attached hydrogens (tertiary/aromatic N) is 1. The van der Waals surface area contributed by atoms with Gasteiger partial charge in [0.05, 0.1) is 11.0 Å². The molecule has 0 saturated heterocycles. The van der Waals surface area contributed by atoms with Crippen LogP contribution in [0.1, 0.15) is 0 Å². The van der Waals surface area contributed by atoms with Crippen LogP contribution in [0.15, 0.2) is 103 Å². The Balaban J connectivity index is 1.48. The van der Waals surface area contributed by atoms with Crippen molar-refractivity contribution in [3.63, 3.8) is 0 Å². The molecule has 0 atom stereocenters. The number of para-hydroxylation sites is 2. The number of hydrogen-bond donors (Lipinski definition) is 0. The van der Waals surface area contributed by atoms with E-state index in [-0.39, 0.29) is 0 Å². The summed E-state index contributed by atoms with van der Waals surface area (Å²) in [7, 11) is 0. The summed E-state index contributed by atoms with van der Waals surface area (Å²) in [6.45, 7) is 0. The number of aromatic nitrogens is 1. The van der Waals surface area contributed by atoms with Gasteiger partial charge in [0, 0.05) is 42.6 Å². The molecule has 32 heavy (non-hydrogen) atoms. The molecule has 0 radical (unpaired) electrons. The fourth-order valence-electron chi connectivity index (χ4n) is 5.62. The third kappa shape index (κ3) is 1.99. The van der Waals surface area contributed by atoms with Gasteiger partial charge in [-0.25, -0.2) is 0 Å². The molecule has 2 heterocycles. The fourth-order valence-corrected chi connectivity index (χ4v) is 6.85. The minimum Gasteiger partial charge on any atom is -0.309 e. The molecule has 1 aliphatic rings. The Labute approximate surface area is 188 Å². The Morgan fingerprint density at radius 1 is 0.562 bits per heavy atom. The van der Waals surface area contributed by atoms with Gasteiger partial charge in [-0.1, -0.05) is 72.8 Å². The van der Waals surface area contributed by atoms with Gasteiger partial charge in [0.2, 0.25) is 0 Å². The summed E-state index contributed by atoms with van der Waals surface area (Å²) in [4.78, 5) is 1.41. The van der Waals surface area contributed by atoms with Crippen molar-refractivity contribution in [2.75, 3.05) is 0 Å². The second-order valence-electron chi connectivity index (χ2n) is 8.57. The number of thiophene rings is 1. The number of hydrogen-bond acceptors (Lipinski definition) is 1. The zero-order valence-corrected chi connectivity index (χ0v) is 18.0. The van der Waals surface area contributed by atoms with E-state index >= 15 is 0 Å². The maximum atomic E-state index is 2.41. The molecule has 5 aromatic carbocycles. The summed E-state index contributed by atoms with van der Waals surface area (Å²) in [6, 6.07) is 37.8. The van der Waals surface area contributed by atoms with E-state index in [0.717, 1.165) is 0 Å². The first-order valence-corrected chi connectivity index (χ1v) is 11.8. The molecular formula is C30H17NS. The van der Waals surface area contributed by atoms with Crippen LogP contribution < -0.4 is 0 Å². The maximum absolute atomic E-state index is 2.41. The number of benzene rings is 5. The van der Waals surface area contributed by atoms with Crippen molar-refractivity contribution in [1.29, 1.82) is 0 Å². The van der Waals surface area contributed by atoms with Crippen LogP contribution in [0.5, 0.6) is 0 Å². The Bertz CT molecular complexity index is 1820. The lowest BCUT2D eigenvalue weighted by molar-refractivity contribution is 1.19. The van der Waals surface area contributed by atoms with Crippen molar-refractivity contribution >= 4 is 54.0 Å². The van der Waals surface area contributed by atoms with Crippen LogP contribution in [0.25, 0.3) is 69.9 Å². The van der Waals surface area contributed by atoms with E-state index in [0.29, 0.717) is 0 Å². The third-order valence-electron chi connectivity index (χ3n) is 6.93. The Kier molecular flexibility index (Phi) is 3.08. The molecule has 0 aliphatic heterocycles. The molecule has 8 rings (SSSR count). The molecule has 148 valence electrons. The summed E-state index contributed by atoms with van der Waals surface area (Å²) in [6.07, 6.45) is 0. The van der Waals surface area contributed by atoms with E-state index in [2.05, 4.69) is 108 Å². The van der Waals surface area contributed by atoms with Crippen LogP contribution in [-0.2, 0) is 0 Å². The second kappa shape index (κ2) is 5.87. The fraction of sp³-hybridized carbons (Fsp3) is 0. The second-order valence-corrected chi connectivity index (χ2v) is 9.62. The Morgan fingerprint density at radius 3 is 2.00 bits per heavy atom. The highest BCUT2D eigenvalue weighted by atomic mass is 32.1. The molecular weight excluding hydrogens is 406 g/mol. The molecule has 0 N–H and O–H groups in total. The standard InChI is InChI=1S/C30H17NS/c1-3-13-25-20(9-1)21-10-2-4-14-26(21)31(25)19-15-16-27-24(17-19)29-22-11-5-7-18-8-6-12-23(28(18)22)30(29)32-27/h1-17H. The summed E-state index contributed by atoms with van der Waals surface area (Å²) in [5, 5.41) is 6.69. The summed E-state index contributed by atoms with van der Waals surface area (Å²) >= 11 is 1.92. The third-order valence-corrected chi connectivity index (χ3v) is 8.13.